The Labute approximate surface area is 255 Å². The zero-order chi connectivity index (χ0) is 30.8. The van der Waals surface area contributed by atoms with Gasteiger partial charge >= 0.3 is 11.8 Å². The van der Waals surface area contributed by atoms with Crippen LogP contribution in [-0.2, 0) is 14.8 Å². The van der Waals surface area contributed by atoms with Gasteiger partial charge in [-0.3, -0.25) is 9.69 Å². The third kappa shape index (κ3) is 4.86. The standard InChI is InChI=1S/C30H37F2N7O4S/c31-28(32)44(42,43)37-9-7-36(8-10-37)22-5-6-25(34-18-22)38-11-12-39(24-4-2-1-3-23(24)38)29(41)35-26-20-13-19-14-21(26)17-30(15-19,16-20)27(33)40/h1-6,18-21,26,28H,7-17H2,(H2,33,40)(H,35,41)/t19?,20-,21+,26?,30?. The second-order valence-electron chi connectivity index (χ2n) is 12.9. The van der Waals surface area contributed by atoms with E-state index in [1.54, 1.807) is 11.1 Å². The smallest absolute Gasteiger partial charge is 0.350 e. The van der Waals surface area contributed by atoms with Crippen LogP contribution >= 0.6 is 0 Å². The number of sulfonamides is 1. The van der Waals surface area contributed by atoms with Gasteiger partial charge in [0.2, 0.25) is 5.91 Å². The summed E-state index contributed by atoms with van der Waals surface area (Å²) in [6.07, 6.45) is 6.19. The molecule has 8 rings (SSSR count). The van der Waals surface area contributed by atoms with Crippen LogP contribution in [0.4, 0.5) is 36.5 Å². The number of benzene rings is 1. The molecule has 44 heavy (non-hydrogen) atoms. The van der Waals surface area contributed by atoms with Crippen LogP contribution in [0.15, 0.2) is 42.6 Å². The molecule has 3 amide bonds. The number of nitrogens with two attached hydrogens (primary N) is 1. The molecule has 3 unspecified atom stereocenters. The van der Waals surface area contributed by atoms with Gasteiger partial charge in [0.15, 0.2) is 0 Å². The van der Waals surface area contributed by atoms with E-state index in [2.05, 4.69) is 15.2 Å². The summed E-state index contributed by atoms with van der Waals surface area (Å²) in [5, 5.41) is 3.36. The first-order valence-electron chi connectivity index (χ1n) is 15.3. The molecule has 5 atom stereocenters. The Hall–Kier alpha value is -3.52. The molecule has 2 aromatic rings. The van der Waals surface area contributed by atoms with Gasteiger partial charge in [-0.25, -0.2) is 18.2 Å². The molecule has 3 heterocycles. The molecule has 5 fully saturated rings. The molecule has 2 aliphatic heterocycles. The van der Waals surface area contributed by atoms with Gasteiger partial charge < -0.3 is 20.9 Å². The molecule has 4 aliphatic carbocycles. The maximum Gasteiger partial charge on any atom is 0.350 e. The predicted octanol–water partition coefficient (Wildman–Crippen LogP) is 3.10. The number of urea groups is 1. The van der Waals surface area contributed by atoms with E-state index in [1.807, 2.05) is 41.3 Å². The highest BCUT2D eigenvalue weighted by atomic mass is 32.2. The molecule has 6 aliphatic rings. The fourth-order valence-electron chi connectivity index (χ4n) is 8.63. The molecular weight excluding hydrogens is 592 g/mol. The minimum Gasteiger partial charge on any atom is -0.369 e. The minimum atomic E-state index is -4.58. The van der Waals surface area contributed by atoms with Gasteiger partial charge in [0, 0.05) is 50.7 Å². The lowest BCUT2D eigenvalue weighted by Crippen LogP contribution is -2.63. The number of aromatic nitrogens is 1. The quantitative estimate of drug-likeness (QED) is 0.502. The Morgan fingerprint density at radius 3 is 2.23 bits per heavy atom. The fourth-order valence-corrected chi connectivity index (χ4v) is 9.53. The third-order valence-corrected chi connectivity index (χ3v) is 12.1. The SMILES string of the molecule is NC(=O)C12CC3C[C@H](C1)C(NC(=O)N1CCN(c4ccc(N5CCN(S(=O)(=O)C(F)F)CC5)cn4)c4ccccc41)[C@@H](C3)C2. The number of rotatable bonds is 6. The molecular formula is C30H37F2N7O4S. The van der Waals surface area contributed by atoms with Crippen molar-refractivity contribution in [2.24, 2.45) is 28.9 Å². The van der Waals surface area contributed by atoms with Crippen molar-refractivity contribution in [1.82, 2.24) is 14.6 Å². The monoisotopic (exact) mass is 629 g/mol. The van der Waals surface area contributed by atoms with Gasteiger partial charge in [0.1, 0.15) is 5.82 Å². The molecule has 11 nitrogen and oxygen atoms in total. The Kier molecular flexibility index (Phi) is 7.19. The lowest BCUT2D eigenvalue weighted by atomic mass is 9.47. The van der Waals surface area contributed by atoms with Gasteiger partial charge in [-0.15, -0.1) is 0 Å². The normalized spacial score (nSPS) is 30.0. The number of hydrogen-bond donors (Lipinski definition) is 2. The van der Waals surface area contributed by atoms with E-state index < -0.39 is 21.2 Å². The molecule has 0 spiro atoms. The highest BCUT2D eigenvalue weighted by molar-refractivity contribution is 7.89. The largest absolute Gasteiger partial charge is 0.369 e. The average molecular weight is 630 g/mol. The van der Waals surface area contributed by atoms with Crippen LogP contribution in [0.25, 0.3) is 0 Å². The van der Waals surface area contributed by atoms with E-state index in [9.17, 15) is 26.8 Å². The highest BCUT2D eigenvalue weighted by Gasteiger charge is 2.58. The van der Waals surface area contributed by atoms with E-state index in [0.29, 0.717) is 24.8 Å². The molecule has 1 aromatic heterocycles. The summed E-state index contributed by atoms with van der Waals surface area (Å²) in [5.74, 6) is -1.84. The van der Waals surface area contributed by atoms with Gasteiger partial charge in [0.25, 0.3) is 10.0 Å². The zero-order valence-electron chi connectivity index (χ0n) is 24.3. The van der Waals surface area contributed by atoms with Crippen LogP contribution in [-0.4, -0.2) is 80.7 Å². The molecule has 4 saturated carbocycles. The average Bonchev–Trinajstić information content (AvgIpc) is 3.02. The Morgan fingerprint density at radius 2 is 1.61 bits per heavy atom. The topological polar surface area (TPSA) is 132 Å². The highest BCUT2D eigenvalue weighted by Crippen LogP contribution is 2.60. The lowest BCUT2D eigenvalue weighted by Gasteiger charge is -2.59. The van der Waals surface area contributed by atoms with Gasteiger partial charge in [0.05, 0.1) is 23.3 Å². The van der Waals surface area contributed by atoms with E-state index in [1.165, 1.54) is 0 Å². The number of amides is 3. The van der Waals surface area contributed by atoms with Gasteiger partial charge in [-0.2, -0.15) is 13.1 Å². The molecule has 1 saturated heterocycles. The number of hydrogen-bond acceptors (Lipinski definition) is 7. The van der Waals surface area contributed by atoms with Gasteiger partial charge in [-0.05, 0) is 74.1 Å². The van der Waals surface area contributed by atoms with E-state index in [0.717, 1.165) is 53.5 Å². The molecule has 236 valence electrons. The van der Waals surface area contributed by atoms with Gasteiger partial charge in [-0.1, -0.05) is 12.1 Å². The summed E-state index contributed by atoms with van der Waals surface area (Å²) < 4.78 is 50.3. The van der Waals surface area contributed by atoms with Crippen molar-refractivity contribution in [2.45, 2.75) is 43.9 Å². The number of nitrogens with one attached hydrogen (secondary N) is 1. The van der Waals surface area contributed by atoms with E-state index in [-0.39, 0.29) is 56.0 Å². The predicted molar refractivity (Wildman–Crippen MR) is 161 cm³/mol. The lowest BCUT2D eigenvalue weighted by molar-refractivity contribution is -0.145. The van der Waals surface area contributed by atoms with Crippen molar-refractivity contribution in [3.05, 3.63) is 42.6 Å². The number of nitrogens with zero attached hydrogens (tertiary/aromatic N) is 5. The van der Waals surface area contributed by atoms with Crippen LogP contribution in [0.2, 0.25) is 0 Å². The third-order valence-electron chi connectivity index (χ3n) is 10.5. The van der Waals surface area contributed by atoms with Crippen molar-refractivity contribution >= 4 is 44.8 Å². The number of para-hydroxylation sites is 2. The van der Waals surface area contributed by atoms with Crippen molar-refractivity contribution in [2.75, 3.05) is 54.0 Å². The molecule has 3 N–H and O–H groups in total. The summed E-state index contributed by atoms with van der Waals surface area (Å²) in [6.45, 7) is 1.54. The number of anilines is 4. The summed E-state index contributed by atoms with van der Waals surface area (Å²) in [4.78, 5) is 36.6. The van der Waals surface area contributed by atoms with Crippen LogP contribution in [0.5, 0.6) is 0 Å². The maximum absolute atomic E-state index is 13.8. The van der Waals surface area contributed by atoms with E-state index >= 15 is 0 Å². The maximum atomic E-state index is 13.8. The second kappa shape index (κ2) is 10.8. The number of carbonyl (C=O) groups is 2. The van der Waals surface area contributed by atoms with Crippen molar-refractivity contribution in [3.63, 3.8) is 0 Å². The number of primary amides is 1. The van der Waals surface area contributed by atoms with Crippen LogP contribution in [0, 0.1) is 23.2 Å². The molecule has 4 bridgehead atoms. The number of carbonyl (C=O) groups excluding carboxylic acids is 2. The number of pyridine rings is 1. The van der Waals surface area contributed by atoms with Crippen LogP contribution < -0.4 is 25.8 Å². The fraction of sp³-hybridized carbons (Fsp3) is 0.567. The van der Waals surface area contributed by atoms with Crippen LogP contribution in [0.3, 0.4) is 0 Å². The zero-order valence-corrected chi connectivity index (χ0v) is 25.1. The molecule has 1 aromatic carbocycles. The van der Waals surface area contributed by atoms with E-state index in [4.69, 9.17) is 5.73 Å². The number of fused-ring (bicyclic) bond motifs is 1. The first kappa shape index (κ1) is 29.2. The number of piperazine rings is 1. The van der Waals surface area contributed by atoms with Crippen molar-refractivity contribution in [3.8, 4) is 0 Å². The minimum absolute atomic E-state index is 0.0131. The van der Waals surface area contributed by atoms with Crippen LogP contribution in [0.1, 0.15) is 32.1 Å². The first-order chi connectivity index (χ1) is 21.1. The second-order valence-corrected chi connectivity index (χ2v) is 14.9. The summed E-state index contributed by atoms with van der Waals surface area (Å²) in [7, 11) is -4.58. The van der Waals surface area contributed by atoms with Crippen molar-refractivity contribution in [1.29, 1.82) is 0 Å². The molecule has 0 radical (unpaired) electrons. The first-order valence-corrected chi connectivity index (χ1v) is 16.8. The summed E-state index contributed by atoms with van der Waals surface area (Å²) in [5.41, 5.74) is 7.88. The Morgan fingerprint density at radius 1 is 0.932 bits per heavy atom. The number of alkyl halides is 2. The number of halogens is 2. The summed E-state index contributed by atoms with van der Waals surface area (Å²) >= 11 is 0. The Balaban J connectivity index is 1.03. The molecule has 14 heteroatoms. The summed E-state index contributed by atoms with van der Waals surface area (Å²) in [6, 6.07) is 11.4. The van der Waals surface area contributed by atoms with Crippen molar-refractivity contribution < 1.29 is 26.8 Å². The Bertz CT molecular complexity index is 1530.